The molecule has 0 aliphatic heterocycles. The Morgan fingerprint density at radius 1 is 0.571 bits per heavy atom. The standard InChI is InChI=1S/C28H42P.C5H11Cl/c1-25(2,3)19-13-15-23(21(17-19)27(7,8)9)29-24-16-14-20(26(4,5)6)18-22(24)28(10,11)12;1-2-3-4-5-6/h13-18H,1-12H3;2-5H2,1H3. The number of benzene rings is 2. The molecule has 0 nitrogen and oxygen atoms in total. The fraction of sp³-hybridized carbons (Fsp3) is 0.636. The van der Waals surface area contributed by atoms with Crippen molar-refractivity contribution in [1.82, 2.24) is 0 Å². The Hall–Kier alpha value is -0.840. The lowest BCUT2D eigenvalue weighted by Crippen LogP contribution is -2.27. The summed E-state index contributed by atoms with van der Waals surface area (Å²) in [5.41, 5.74) is 6.34. The highest BCUT2D eigenvalue weighted by Gasteiger charge is 2.26. The zero-order chi connectivity index (χ0) is 27.2. The molecule has 0 saturated heterocycles. The van der Waals surface area contributed by atoms with Crippen LogP contribution in [0.4, 0.5) is 0 Å². The highest BCUT2D eigenvalue weighted by molar-refractivity contribution is 7.55. The monoisotopic (exact) mass is 515 g/mol. The van der Waals surface area contributed by atoms with Gasteiger partial charge in [-0.1, -0.05) is 139 Å². The summed E-state index contributed by atoms with van der Waals surface area (Å²) >= 11 is 5.38. The van der Waals surface area contributed by atoms with Crippen molar-refractivity contribution < 1.29 is 0 Å². The fourth-order valence-corrected chi connectivity index (χ4v) is 5.66. The third-order valence-electron chi connectivity index (χ3n) is 6.32. The second-order valence-electron chi connectivity index (χ2n) is 14.0. The maximum Gasteiger partial charge on any atom is 0.0223 e. The lowest BCUT2D eigenvalue weighted by molar-refractivity contribution is 0.571. The van der Waals surface area contributed by atoms with Crippen molar-refractivity contribution >= 4 is 30.8 Å². The third-order valence-corrected chi connectivity index (χ3v) is 7.85. The number of hydrogen-bond acceptors (Lipinski definition) is 0. The van der Waals surface area contributed by atoms with E-state index in [1.54, 1.807) is 0 Å². The Bertz CT molecular complexity index is 850. The van der Waals surface area contributed by atoms with Gasteiger partial charge < -0.3 is 0 Å². The number of rotatable bonds is 5. The summed E-state index contributed by atoms with van der Waals surface area (Å²) in [6.07, 6.45) is 3.73. The molecule has 0 saturated carbocycles. The number of unbranched alkanes of at least 4 members (excludes halogenated alkanes) is 2. The van der Waals surface area contributed by atoms with Gasteiger partial charge >= 0.3 is 0 Å². The summed E-state index contributed by atoms with van der Waals surface area (Å²) in [4.78, 5) is 0. The van der Waals surface area contributed by atoms with Gasteiger partial charge in [0.05, 0.1) is 0 Å². The highest BCUT2D eigenvalue weighted by atomic mass is 35.5. The van der Waals surface area contributed by atoms with Crippen molar-refractivity contribution in [3.8, 4) is 0 Å². The van der Waals surface area contributed by atoms with Gasteiger partial charge in [-0.25, -0.2) is 0 Å². The predicted octanol–water partition coefficient (Wildman–Crippen LogP) is 10.2. The van der Waals surface area contributed by atoms with E-state index in [-0.39, 0.29) is 21.7 Å². The molecular weight excluding hydrogens is 463 g/mol. The Balaban J connectivity index is 0.000000905. The van der Waals surface area contributed by atoms with E-state index in [1.807, 2.05) is 0 Å². The lowest BCUT2D eigenvalue weighted by Gasteiger charge is -2.29. The maximum absolute atomic E-state index is 5.38. The summed E-state index contributed by atoms with van der Waals surface area (Å²) in [5, 5.41) is 2.86. The largest absolute Gasteiger partial charge is 0.127 e. The molecule has 0 heterocycles. The van der Waals surface area contributed by atoms with Gasteiger partial charge in [0.1, 0.15) is 0 Å². The van der Waals surface area contributed by atoms with E-state index in [0.29, 0.717) is 0 Å². The second kappa shape index (κ2) is 12.6. The number of hydrogen-bond donors (Lipinski definition) is 0. The van der Waals surface area contributed by atoms with Crippen LogP contribution >= 0.6 is 20.2 Å². The van der Waals surface area contributed by atoms with Gasteiger partial charge in [0, 0.05) is 5.88 Å². The van der Waals surface area contributed by atoms with Crippen LogP contribution in [0.25, 0.3) is 0 Å². The molecule has 0 atom stereocenters. The van der Waals surface area contributed by atoms with Gasteiger partial charge in [0.15, 0.2) is 0 Å². The van der Waals surface area contributed by atoms with E-state index in [9.17, 15) is 0 Å². The Morgan fingerprint density at radius 3 is 1.17 bits per heavy atom. The number of halogens is 1. The molecule has 2 heteroatoms. The lowest BCUT2D eigenvalue weighted by atomic mass is 9.80. The van der Waals surface area contributed by atoms with Crippen molar-refractivity contribution in [3.05, 3.63) is 58.7 Å². The van der Waals surface area contributed by atoms with E-state index < -0.39 is 0 Å². The first-order chi connectivity index (χ1) is 15.8. The molecule has 0 amide bonds. The van der Waals surface area contributed by atoms with E-state index in [0.717, 1.165) is 5.88 Å². The minimum atomic E-state index is 0.122. The Labute approximate surface area is 225 Å². The molecule has 0 fully saturated rings. The molecule has 0 aliphatic rings. The first kappa shape index (κ1) is 32.2. The van der Waals surface area contributed by atoms with Gasteiger partial charge in [-0.15, -0.1) is 11.6 Å². The van der Waals surface area contributed by atoms with E-state index in [1.165, 1.54) is 60.7 Å². The summed E-state index contributed by atoms with van der Waals surface area (Å²) in [6.45, 7) is 30.0. The van der Waals surface area contributed by atoms with Crippen molar-refractivity contribution in [1.29, 1.82) is 0 Å². The van der Waals surface area contributed by atoms with E-state index in [4.69, 9.17) is 11.6 Å². The van der Waals surface area contributed by atoms with Gasteiger partial charge in [-0.2, -0.15) is 0 Å². The molecule has 2 aromatic carbocycles. The zero-order valence-electron chi connectivity index (χ0n) is 25.1. The van der Waals surface area contributed by atoms with Crippen LogP contribution in [0, 0.1) is 0 Å². The Morgan fingerprint density at radius 2 is 0.943 bits per heavy atom. The molecular formula is C33H53ClP. The minimum absolute atomic E-state index is 0.122. The van der Waals surface area contributed by atoms with Crippen LogP contribution in [0.15, 0.2) is 36.4 Å². The van der Waals surface area contributed by atoms with Gasteiger partial charge in [-0.3, -0.25) is 0 Å². The van der Waals surface area contributed by atoms with Crippen LogP contribution in [-0.2, 0) is 21.7 Å². The van der Waals surface area contributed by atoms with Gasteiger partial charge in [0.25, 0.3) is 0 Å². The summed E-state index contributed by atoms with van der Waals surface area (Å²) < 4.78 is 0. The van der Waals surface area contributed by atoms with E-state index >= 15 is 0 Å². The first-order valence-corrected chi connectivity index (χ1v) is 14.8. The molecule has 0 aromatic heterocycles. The van der Waals surface area contributed by atoms with Crippen molar-refractivity contribution in [2.75, 3.05) is 5.88 Å². The average molecular weight is 516 g/mol. The SMILES string of the molecule is CC(C)(C)c1ccc([P]c2ccc(C(C)(C)C)cc2C(C)(C)C)c(C(C)(C)C)c1.CCCCCCl. The highest BCUT2D eigenvalue weighted by Crippen LogP contribution is 2.34. The topological polar surface area (TPSA) is 0 Å². The quantitative estimate of drug-likeness (QED) is 0.211. The van der Waals surface area contributed by atoms with E-state index in [2.05, 4.69) is 126 Å². The molecule has 197 valence electrons. The van der Waals surface area contributed by atoms with Crippen LogP contribution in [0.2, 0.25) is 0 Å². The van der Waals surface area contributed by atoms with Crippen molar-refractivity contribution in [3.63, 3.8) is 0 Å². The Kier molecular flexibility index (Phi) is 11.6. The molecule has 35 heavy (non-hydrogen) atoms. The summed E-state index contributed by atoms with van der Waals surface area (Å²) in [5.74, 6) is 0.827. The summed E-state index contributed by atoms with van der Waals surface area (Å²) in [6, 6.07) is 14.3. The molecule has 0 unspecified atom stereocenters. The van der Waals surface area contributed by atoms with Gasteiger partial charge in [0.2, 0.25) is 0 Å². The molecule has 2 aromatic rings. The summed E-state index contributed by atoms with van der Waals surface area (Å²) in [7, 11) is 1.31. The van der Waals surface area contributed by atoms with Crippen molar-refractivity contribution in [2.45, 2.75) is 131 Å². The fourth-order valence-electron chi connectivity index (χ4n) is 3.88. The smallest absolute Gasteiger partial charge is 0.0223 e. The van der Waals surface area contributed by atoms with Crippen LogP contribution in [0.5, 0.6) is 0 Å². The third kappa shape index (κ3) is 10.2. The minimum Gasteiger partial charge on any atom is -0.127 e. The predicted molar refractivity (Wildman–Crippen MR) is 164 cm³/mol. The average Bonchev–Trinajstić information content (AvgIpc) is 2.70. The van der Waals surface area contributed by atoms with Gasteiger partial charge in [-0.05, 0) is 69.5 Å². The maximum atomic E-state index is 5.38. The molecule has 2 rings (SSSR count). The first-order valence-electron chi connectivity index (χ1n) is 13.4. The van der Waals surface area contributed by atoms with Crippen LogP contribution in [0.1, 0.15) is 132 Å². The second-order valence-corrected chi connectivity index (χ2v) is 15.5. The molecule has 0 bridgehead atoms. The van der Waals surface area contributed by atoms with Crippen molar-refractivity contribution in [2.24, 2.45) is 0 Å². The van der Waals surface area contributed by atoms with Crippen LogP contribution in [-0.4, -0.2) is 5.88 Å². The molecule has 1 radical (unpaired) electrons. The molecule has 0 spiro atoms. The normalized spacial score (nSPS) is 12.9. The number of alkyl halides is 1. The zero-order valence-corrected chi connectivity index (χ0v) is 26.8. The molecule has 0 N–H and O–H groups in total. The van der Waals surface area contributed by atoms with Crippen LogP contribution < -0.4 is 10.6 Å². The molecule has 0 aliphatic carbocycles. The van der Waals surface area contributed by atoms with Crippen LogP contribution in [0.3, 0.4) is 0 Å².